The lowest BCUT2D eigenvalue weighted by molar-refractivity contribution is -0.120. The average Bonchev–Trinajstić information content (AvgIpc) is 2.24. The van der Waals surface area contributed by atoms with Crippen LogP contribution >= 0.6 is 11.6 Å². The van der Waals surface area contributed by atoms with Crippen molar-refractivity contribution in [3.05, 3.63) is 23.2 Å². The van der Waals surface area contributed by atoms with E-state index in [1.165, 1.54) is 12.4 Å². The van der Waals surface area contributed by atoms with Crippen LogP contribution in [-0.2, 0) is 4.79 Å². The number of nitrogens with two attached hydrogens (primary N) is 1. The van der Waals surface area contributed by atoms with Crippen molar-refractivity contribution in [1.29, 1.82) is 0 Å². The number of carbonyl (C=O) groups is 2. The van der Waals surface area contributed by atoms with Crippen LogP contribution in [0, 0.1) is 5.92 Å². The summed E-state index contributed by atoms with van der Waals surface area (Å²) in [5, 5.41) is 2.59. The molecule has 17 heavy (non-hydrogen) atoms. The number of nitrogens with one attached hydrogen (secondary N) is 1. The van der Waals surface area contributed by atoms with Crippen molar-refractivity contribution < 1.29 is 9.59 Å². The number of carbonyl (C=O) groups excluding carboxylic acids is 2. The summed E-state index contributed by atoms with van der Waals surface area (Å²) < 4.78 is 0. The Morgan fingerprint density at radius 2 is 2.06 bits per heavy atom. The number of rotatable bonds is 4. The van der Waals surface area contributed by atoms with Gasteiger partial charge in [0.05, 0.1) is 12.4 Å². The Kier molecular flexibility index (Phi) is 4.39. The molecule has 6 nitrogen and oxygen atoms in total. The molecule has 0 aliphatic rings. The minimum Gasteiger partial charge on any atom is -0.368 e. The van der Waals surface area contributed by atoms with Gasteiger partial charge in [0.15, 0.2) is 0 Å². The smallest absolute Gasteiger partial charge is 0.272 e. The molecule has 0 bridgehead atoms. The van der Waals surface area contributed by atoms with E-state index in [0.717, 1.165) is 0 Å². The van der Waals surface area contributed by atoms with Gasteiger partial charge in [-0.3, -0.25) is 14.6 Å². The molecule has 1 rings (SSSR count). The molecule has 1 unspecified atom stereocenters. The molecule has 1 aromatic heterocycles. The van der Waals surface area contributed by atoms with Gasteiger partial charge in [0, 0.05) is 0 Å². The molecule has 0 radical (unpaired) electrons. The van der Waals surface area contributed by atoms with E-state index in [1.54, 1.807) is 13.8 Å². The van der Waals surface area contributed by atoms with Crippen molar-refractivity contribution in [3.63, 3.8) is 0 Å². The highest BCUT2D eigenvalue weighted by Crippen LogP contribution is 2.05. The lowest BCUT2D eigenvalue weighted by Gasteiger charge is -2.18. The second-order valence-corrected chi connectivity index (χ2v) is 4.21. The van der Waals surface area contributed by atoms with Crippen LogP contribution in [0.25, 0.3) is 0 Å². The highest BCUT2D eigenvalue weighted by molar-refractivity contribution is 6.29. The maximum atomic E-state index is 11.7. The Bertz CT molecular complexity index is 436. The van der Waals surface area contributed by atoms with Crippen LogP contribution in [-0.4, -0.2) is 27.8 Å². The quantitative estimate of drug-likeness (QED) is 0.813. The van der Waals surface area contributed by atoms with Gasteiger partial charge < -0.3 is 11.1 Å². The Morgan fingerprint density at radius 1 is 1.41 bits per heavy atom. The maximum absolute atomic E-state index is 11.7. The van der Waals surface area contributed by atoms with Gasteiger partial charge in [-0.25, -0.2) is 4.98 Å². The van der Waals surface area contributed by atoms with E-state index in [0.29, 0.717) is 0 Å². The molecule has 0 aromatic carbocycles. The number of aromatic nitrogens is 2. The van der Waals surface area contributed by atoms with Gasteiger partial charge in [-0.15, -0.1) is 0 Å². The fourth-order valence-corrected chi connectivity index (χ4v) is 1.38. The highest BCUT2D eigenvalue weighted by atomic mass is 35.5. The number of nitrogens with zero attached hydrogens (tertiary/aromatic N) is 2. The predicted octanol–water partition coefficient (Wildman–Crippen LogP) is 0.370. The predicted molar refractivity (Wildman–Crippen MR) is 62.3 cm³/mol. The molecule has 2 amide bonds. The first kappa shape index (κ1) is 13.4. The van der Waals surface area contributed by atoms with Gasteiger partial charge in [0.2, 0.25) is 5.91 Å². The van der Waals surface area contributed by atoms with Crippen molar-refractivity contribution >= 4 is 23.4 Å². The van der Waals surface area contributed by atoms with Crippen molar-refractivity contribution in [2.45, 2.75) is 19.9 Å². The number of primary amides is 1. The molecule has 1 heterocycles. The summed E-state index contributed by atoms with van der Waals surface area (Å²) in [5.74, 6) is -1.23. The second kappa shape index (κ2) is 5.58. The molecular weight excluding hydrogens is 244 g/mol. The van der Waals surface area contributed by atoms with E-state index >= 15 is 0 Å². The third kappa shape index (κ3) is 3.67. The van der Waals surface area contributed by atoms with Gasteiger partial charge in [-0.05, 0) is 5.92 Å². The van der Waals surface area contributed by atoms with E-state index in [4.69, 9.17) is 17.3 Å². The first-order chi connectivity index (χ1) is 7.91. The van der Waals surface area contributed by atoms with E-state index < -0.39 is 17.9 Å². The van der Waals surface area contributed by atoms with Crippen LogP contribution in [0.4, 0.5) is 0 Å². The second-order valence-electron chi connectivity index (χ2n) is 3.82. The minimum absolute atomic E-state index is 0.0457. The Morgan fingerprint density at radius 3 is 2.53 bits per heavy atom. The van der Waals surface area contributed by atoms with Crippen molar-refractivity contribution in [1.82, 2.24) is 15.3 Å². The summed E-state index contributed by atoms with van der Waals surface area (Å²) in [6.45, 7) is 3.55. The van der Waals surface area contributed by atoms with Gasteiger partial charge in [-0.2, -0.15) is 0 Å². The fraction of sp³-hybridized carbons (Fsp3) is 0.400. The molecule has 7 heteroatoms. The fourth-order valence-electron chi connectivity index (χ4n) is 1.23. The number of halogens is 1. The summed E-state index contributed by atoms with van der Waals surface area (Å²) in [6.07, 6.45) is 2.58. The van der Waals surface area contributed by atoms with Crippen molar-refractivity contribution in [2.24, 2.45) is 11.7 Å². The zero-order valence-electron chi connectivity index (χ0n) is 9.48. The third-order valence-electron chi connectivity index (χ3n) is 2.10. The summed E-state index contributed by atoms with van der Waals surface area (Å²) in [4.78, 5) is 30.4. The molecule has 1 aromatic rings. The lowest BCUT2D eigenvalue weighted by Crippen LogP contribution is -2.47. The molecular formula is C10H13ClN4O2. The normalized spacial score (nSPS) is 12.2. The molecule has 0 aliphatic carbocycles. The van der Waals surface area contributed by atoms with E-state index in [2.05, 4.69) is 15.3 Å². The number of hydrogen-bond donors (Lipinski definition) is 2. The zero-order chi connectivity index (χ0) is 13.0. The molecule has 0 aliphatic heterocycles. The highest BCUT2D eigenvalue weighted by Gasteiger charge is 2.22. The number of amides is 2. The zero-order valence-corrected chi connectivity index (χ0v) is 10.2. The van der Waals surface area contributed by atoms with Crippen LogP contribution in [0.15, 0.2) is 12.4 Å². The summed E-state index contributed by atoms with van der Waals surface area (Å²) in [6, 6.07) is -0.747. The standard InChI is InChI=1S/C10H13ClN4O2/c1-5(2)8(9(12)16)15-10(17)6-3-13-4-7(11)14-6/h3-5,8H,1-2H3,(H2,12,16)(H,15,17). The van der Waals surface area contributed by atoms with Crippen LogP contribution in [0.3, 0.4) is 0 Å². The van der Waals surface area contributed by atoms with Crippen LogP contribution in [0.2, 0.25) is 5.15 Å². The molecule has 0 saturated carbocycles. The van der Waals surface area contributed by atoms with Crippen LogP contribution in [0.5, 0.6) is 0 Å². The molecule has 0 fully saturated rings. The van der Waals surface area contributed by atoms with Crippen molar-refractivity contribution in [2.75, 3.05) is 0 Å². The van der Waals surface area contributed by atoms with Gasteiger partial charge >= 0.3 is 0 Å². The molecule has 3 N–H and O–H groups in total. The van der Waals surface area contributed by atoms with Crippen molar-refractivity contribution in [3.8, 4) is 0 Å². The molecule has 92 valence electrons. The first-order valence-electron chi connectivity index (χ1n) is 4.99. The summed E-state index contributed by atoms with van der Waals surface area (Å²) in [7, 11) is 0. The Labute approximate surface area is 104 Å². The van der Waals surface area contributed by atoms with Gasteiger partial charge in [0.1, 0.15) is 16.9 Å². The van der Waals surface area contributed by atoms with E-state index in [-0.39, 0.29) is 16.8 Å². The Hall–Kier alpha value is -1.69. The SMILES string of the molecule is CC(C)C(NC(=O)c1cncc(Cl)n1)C(N)=O. The van der Waals surface area contributed by atoms with Gasteiger partial charge in [-0.1, -0.05) is 25.4 Å². The number of hydrogen-bond acceptors (Lipinski definition) is 4. The monoisotopic (exact) mass is 256 g/mol. The summed E-state index contributed by atoms with van der Waals surface area (Å²) >= 11 is 5.61. The lowest BCUT2D eigenvalue weighted by atomic mass is 10.0. The van der Waals surface area contributed by atoms with E-state index in [9.17, 15) is 9.59 Å². The van der Waals surface area contributed by atoms with Crippen LogP contribution in [0.1, 0.15) is 24.3 Å². The van der Waals surface area contributed by atoms with Crippen LogP contribution < -0.4 is 11.1 Å². The Balaban J connectivity index is 2.81. The minimum atomic E-state index is -0.747. The molecule has 1 atom stereocenters. The van der Waals surface area contributed by atoms with Gasteiger partial charge in [0.25, 0.3) is 5.91 Å². The average molecular weight is 257 g/mol. The topological polar surface area (TPSA) is 98.0 Å². The third-order valence-corrected chi connectivity index (χ3v) is 2.28. The maximum Gasteiger partial charge on any atom is 0.272 e. The van der Waals surface area contributed by atoms with E-state index in [1.807, 2.05) is 0 Å². The molecule has 0 spiro atoms. The largest absolute Gasteiger partial charge is 0.368 e. The molecule has 0 saturated heterocycles. The summed E-state index contributed by atoms with van der Waals surface area (Å²) in [5.41, 5.74) is 5.22. The first-order valence-corrected chi connectivity index (χ1v) is 5.37.